The number of anilines is 3. The molecule has 236 valence electrons. The van der Waals surface area contributed by atoms with Crippen LogP contribution in [0, 0.1) is 0 Å². The Balaban J connectivity index is 1.27. The molecule has 0 saturated heterocycles. The van der Waals surface area contributed by atoms with Crippen molar-refractivity contribution in [2.24, 2.45) is 0 Å². The van der Waals surface area contributed by atoms with Crippen LogP contribution >= 0.6 is 0 Å². The third kappa shape index (κ3) is 5.63. The number of hydrogen-bond donors (Lipinski definition) is 0. The first-order valence-electron chi connectivity index (χ1n) is 21.2. The first-order valence-corrected chi connectivity index (χ1v) is 16.2. The van der Waals surface area contributed by atoms with E-state index in [9.17, 15) is 0 Å². The molecular formula is C48H33NO. The number of nitrogens with zero attached hydrogens (tertiary/aromatic N) is 1. The molecule has 2 heteroatoms. The Morgan fingerprint density at radius 3 is 1.46 bits per heavy atom. The van der Waals surface area contributed by atoms with Gasteiger partial charge in [0.25, 0.3) is 0 Å². The number of furan rings is 1. The third-order valence-electron chi connectivity index (χ3n) is 8.82. The first-order chi connectivity index (χ1) is 28.9. The summed E-state index contributed by atoms with van der Waals surface area (Å²) in [5.41, 5.74) is 7.60. The summed E-state index contributed by atoms with van der Waals surface area (Å²) in [4.78, 5) is 1.93. The summed E-state index contributed by atoms with van der Waals surface area (Å²) >= 11 is 0. The van der Waals surface area contributed by atoms with Gasteiger partial charge in [0.05, 0.1) is 13.7 Å². The summed E-state index contributed by atoms with van der Waals surface area (Å²) in [6.45, 7) is 0. The van der Waals surface area contributed by atoms with Crippen LogP contribution in [0.5, 0.6) is 0 Å². The molecule has 8 aromatic carbocycles. The normalized spacial score (nSPS) is 14.0. The summed E-state index contributed by atoms with van der Waals surface area (Å²) in [5.74, 6) is 0. The second kappa shape index (κ2) is 12.8. The Kier molecular flexibility index (Phi) is 5.27. The lowest BCUT2D eigenvalue weighted by molar-refractivity contribution is 0.669. The Bertz CT molecular complexity index is 3000. The highest BCUT2D eigenvalue weighted by Gasteiger charge is 2.17. The Morgan fingerprint density at radius 2 is 0.840 bits per heavy atom. The fraction of sp³-hybridized carbons (Fsp3) is 0. The summed E-state index contributed by atoms with van der Waals surface area (Å²) in [6, 6.07) is 39.7. The predicted molar refractivity (Wildman–Crippen MR) is 210 cm³/mol. The van der Waals surface area contributed by atoms with Crippen molar-refractivity contribution in [3.63, 3.8) is 0 Å². The van der Waals surface area contributed by atoms with E-state index in [-0.39, 0.29) is 22.3 Å². The van der Waals surface area contributed by atoms with Gasteiger partial charge in [0.1, 0.15) is 11.2 Å². The molecule has 1 heterocycles. The van der Waals surface area contributed by atoms with Crippen molar-refractivity contribution in [1.82, 2.24) is 0 Å². The van der Waals surface area contributed by atoms with E-state index in [1.165, 1.54) is 6.07 Å². The van der Waals surface area contributed by atoms with Gasteiger partial charge in [-0.25, -0.2) is 0 Å². The van der Waals surface area contributed by atoms with Gasteiger partial charge in [-0.1, -0.05) is 139 Å². The number of benzene rings is 8. The molecule has 0 amide bonds. The molecule has 0 aliphatic carbocycles. The fourth-order valence-corrected chi connectivity index (χ4v) is 6.41. The molecule has 9 rings (SSSR count). The zero-order valence-electron chi connectivity index (χ0n) is 36.6. The smallest absolute Gasteiger partial charge is 0.135 e. The molecular weight excluding hydrogens is 607 g/mol. The number of hydrogen-bond acceptors (Lipinski definition) is 2. The van der Waals surface area contributed by atoms with Gasteiger partial charge in [0.2, 0.25) is 0 Å². The van der Waals surface area contributed by atoms with Crippen molar-refractivity contribution in [3.05, 3.63) is 200 Å². The second-order valence-electron chi connectivity index (χ2n) is 11.9. The Hall–Kier alpha value is -6.64. The van der Waals surface area contributed by atoms with Crippen LogP contribution in [-0.2, 0) is 0 Å². The average molecular weight is 650 g/mol. The molecule has 0 bridgehead atoms. The van der Waals surface area contributed by atoms with Gasteiger partial charge >= 0.3 is 0 Å². The van der Waals surface area contributed by atoms with Gasteiger partial charge in [-0.15, -0.1) is 0 Å². The highest BCUT2D eigenvalue weighted by molar-refractivity contribution is 6.06. The molecule has 0 radical (unpaired) electrons. The van der Waals surface area contributed by atoms with Crippen molar-refractivity contribution in [2.45, 2.75) is 0 Å². The van der Waals surface area contributed by atoms with Crippen LogP contribution in [-0.4, -0.2) is 0 Å². The lowest BCUT2D eigenvalue weighted by Gasteiger charge is -2.27. The van der Waals surface area contributed by atoms with E-state index in [2.05, 4.69) is 6.07 Å². The second-order valence-corrected chi connectivity index (χ2v) is 11.9. The van der Waals surface area contributed by atoms with Gasteiger partial charge in [-0.2, -0.15) is 0 Å². The third-order valence-corrected chi connectivity index (χ3v) is 8.82. The van der Waals surface area contributed by atoms with E-state index in [1.807, 2.05) is 120 Å². The van der Waals surface area contributed by atoms with E-state index in [1.54, 1.807) is 12.1 Å². The molecule has 50 heavy (non-hydrogen) atoms. The molecule has 9 aromatic rings. The maximum Gasteiger partial charge on any atom is 0.135 e. The summed E-state index contributed by atoms with van der Waals surface area (Å²) in [6.07, 6.45) is 0. The van der Waals surface area contributed by atoms with Crippen molar-refractivity contribution in [1.29, 1.82) is 0 Å². The molecule has 0 aliphatic rings. The summed E-state index contributed by atoms with van der Waals surface area (Å²) < 4.78 is 91.9. The molecule has 1 aromatic heterocycles. The molecule has 2 nitrogen and oxygen atoms in total. The lowest BCUT2D eigenvalue weighted by Crippen LogP contribution is -2.10. The first kappa shape index (κ1) is 20.7. The fourth-order valence-electron chi connectivity index (χ4n) is 6.41. The number of rotatable bonds is 7. The van der Waals surface area contributed by atoms with E-state index in [4.69, 9.17) is 18.1 Å². The van der Waals surface area contributed by atoms with Crippen LogP contribution in [0.15, 0.2) is 204 Å². The van der Waals surface area contributed by atoms with Crippen LogP contribution in [0.2, 0.25) is 0 Å². The predicted octanol–water partition coefficient (Wildman–Crippen LogP) is 13.7. The maximum atomic E-state index is 8.88. The number of para-hydroxylation sites is 1. The Morgan fingerprint density at radius 1 is 0.340 bits per heavy atom. The van der Waals surface area contributed by atoms with E-state index in [0.717, 1.165) is 44.2 Å². The van der Waals surface area contributed by atoms with Gasteiger partial charge in [0.15, 0.2) is 0 Å². The highest BCUT2D eigenvalue weighted by atomic mass is 16.3. The minimum atomic E-state index is -0.545. The quantitative estimate of drug-likeness (QED) is 0.171. The molecule has 0 fully saturated rings. The zero-order valence-corrected chi connectivity index (χ0v) is 26.6. The highest BCUT2D eigenvalue weighted by Crippen LogP contribution is 2.41. The largest absolute Gasteiger partial charge is 0.456 e. The van der Waals surface area contributed by atoms with Gasteiger partial charge in [-0.05, 0) is 105 Å². The van der Waals surface area contributed by atoms with Gasteiger partial charge < -0.3 is 9.32 Å². The molecule has 0 spiro atoms. The van der Waals surface area contributed by atoms with Crippen molar-refractivity contribution in [2.75, 3.05) is 4.90 Å². The van der Waals surface area contributed by atoms with Crippen molar-refractivity contribution < 1.29 is 18.1 Å². The monoisotopic (exact) mass is 649 g/mol. The van der Waals surface area contributed by atoms with E-state index < -0.39 is 60.4 Å². The maximum absolute atomic E-state index is 8.88. The molecule has 0 unspecified atom stereocenters. The molecule has 0 aliphatic heterocycles. The van der Waals surface area contributed by atoms with Gasteiger partial charge in [0, 0.05) is 27.8 Å². The zero-order chi connectivity index (χ0) is 42.0. The van der Waals surface area contributed by atoms with Crippen molar-refractivity contribution in [3.8, 4) is 44.5 Å². The van der Waals surface area contributed by atoms with Crippen molar-refractivity contribution >= 4 is 39.0 Å². The summed E-state index contributed by atoms with van der Waals surface area (Å²) in [7, 11) is 0. The van der Waals surface area contributed by atoms with Crippen LogP contribution < -0.4 is 4.90 Å². The minimum Gasteiger partial charge on any atom is -0.456 e. The minimum absolute atomic E-state index is 0.0895. The number of fused-ring (bicyclic) bond motifs is 3. The van der Waals surface area contributed by atoms with Crippen LogP contribution in [0.4, 0.5) is 17.1 Å². The van der Waals surface area contributed by atoms with Crippen LogP contribution in [0.1, 0.15) is 13.7 Å². The summed E-state index contributed by atoms with van der Waals surface area (Å²) in [5, 5.41) is 2.02. The molecule has 0 saturated carbocycles. The molecule has 0 atom stereocenters. The van der Waals surface area contributed by atoms with E-state index >= 15 is 0 Å². The SMILES string of the molecule is [2H]c1c([2H])c([2H])c(-c2cc(-c3c([2H])c([2H])c([2H])c([2H])c3[2H])cc(N(c3ccc(-c4ccccc4)cc3)c3ccc(-c4ccc5oc6ccccc6c5c4)cc3)c2)c([2H])c1[2H]. The topological polar surface area (TPSA) is 16.4 Å². The lowest BCUT2D eigenvalue weighted by atomic mass is 9.97. The standard InChI is InChI=1S/C48H33NO/c1-4-12-34(13-5-1)37-20-25-42(26-21-37)49(44-31-40(35-14-6-2-7-15-35)30-41(32-44)36-16-8-3-9-17-36)43-27-22-38(23-28-43)39-24-29-48-46(33-39)45-18-10-11-19-47(45)50-48/h1-33H/i2D,3D,6D,7D,8D,9D,14D,15D,16D,17D. The van der Waals surface area contributed by atoms with E-state index in [0.29, 0.717) is 17.1 Å². The molecule has 0 N–H and O–H groups in total. The Labute approximate surface area is 306 Å². The average Bonchev–Trinajstić information content (AvgIpc) is 3.65. The van der Waals surface area contributed by atoms with Gasteiger partial charge in [-0.3, -0.25) is 0 Å². The van der Waals surface area contributed by atoms with Crippen LogP contribution in [0.3, 0.4) is 0 Å². The van der Waals surface area contributed by atoms with Crippen LogP contribution in [0.25, 0.3) is 66.4 Å².